The molecule has 0 saturated carbocycles. The monoisotopic (exact) mass is 235 g/mol. The topological polar surface area (TPSA) is 12.9 Å². The average Bonchev–Trinajstić information content (AvgIpc) is 2.04. The van der Waals surface area contributed by atoms with E-state index in [1.807, 2.05) is 12.1 Å². The molecule has 11 heavy (non-hydrogen) atoms. The molecule has 0 radical (unpaired) electrons. The van der Waals surface area contributed by atoms with Crippen molar-refractivity contribution in [3.63, 3.8) is 0 Å². The van der Waals surface area contributed by atoms with Crippen molar-refractivity contribution < 1.29 is 4.39 Å². The molecule has 60 valence electrons. The maximum absolute atomic E-state index is 11.7. The third kappa shape index (κ3) is 3.20. The lowest BCUT2D eigenvalue weighted by Gasteiger charge is -1.96. The molecule has 1 rings (SSSR count). The number of aromatic nitrogens is 1. The minimum atomic E-state index is -0.303. The van der Waals surface area contributed by atoms with Crippen molar-refractivity contribution >= 4 is 27.7 Å². The number of halogens is 2. The SMILES string of the molecule is FCCSc1ccc(Br)cn1. The number of alkyl halides is 1. The fraction of sp³-hybridized carbons (Fsp3) is 0.286. The van der Waals surface area contributed by atoms with Crippen molar-refractivity contribution in [3.8, 4) is 0 Å². The highest BCUT2D eigenvalue weighted by molar-refractivity contribution is 9.10. The summed E-state index contributed by atoms with van der Waals surface area (Å²) >= 11 is 4.69. The Morgan fingerprint density at radius 3 is 2.91 bits per heavy atom. The summed E-state index contributed by atoms with van der Waals surface area (Å²) in [5, 5.41) is 0.867. The summed E-state index contributed by atoms with van der Waals surface area (Å²) in [4.78, 5) is 4.07. The van der Waals surface area contributed by atoms with Gasteiger partial charge < -0.3 is 0 Å². The highest BCUT2D eigenvalue weighted by Crippen LogP contribution is 2.16. The van der Waals surface area contributed by atoms with E-state index in [9.17, 15) is 4.39 Å². The summed E-state index contributed by atoms with van der Waals surface area (Å²) in [6, 6.07) is 3.76. The van der Waals surface area contributed by atoms with Crippen LogP contribution in [0, 0.1) is 0 Å². The summed E-state index contributed by atoms with van der Waals surface area (Å²) < 4.78 is 12.6. The molecule has 4 heteroatoms. The van der Waals surface area contributed by atoms with E-state index in [1.165, 1.54) is 11.8 Å². The lowest BCUT2D eigenvalue weighted by atomic mass is 10.5. The molecule has 1 aromatic rings. The molecule has 0 aromatic carbocycles. The predicted octanol–water partition coefficient (Wildman–Crippen LogP) is 2.91. The van der Waals surface area contributed by atoms with Gasteiger partial charge in [0.1, 0.15) is 0 Å². The van der Waals surface area contributed by atoms with Gasteiger partial charge in [0.15, 0.2) is 0 Å². The highest BCUT2D eigenvalue weighted by atomic mass is 79.9. The second-order valence-electron chi connectivity index (χ2n) is 1.85. The molecule has 0 unspecified atom stereocenters. The zero-order valence-corrected chi connectivity index (χ0v) is 8.16. The Morgan fingerprint density at radius 1 is 1.55 bits per heavy atom. The van der Waals surface area contributed by atoms with E-state index in [1.54, 1.807) is 6.20 Å². The van der Waals surface area contributed by atoms with Crippen LogP contribution in [-0.2, 0) is 0 Å². The van der Waals surface area contributed by atoms with Gasteiger partial charge in [-0.15, -0.1) is 11.8 Å². The van der Waals surface area contributed by atoms with Crippen LogP contribution in [0.15, 0.2) is 27.8 Å². The fourth-order valence-electron chi connectivity index (χ4n) is 0.591. The van der Waals surface area contributed by atoms with E-state index in [-0.39, 0.29) is 6.67 Å². The Morgan fingerprint density at radius 2 is 2.36 bits per heavy atom. The van der Waals surface area contributed by atoms with Gasteiger partial charge in [-0.1, -0.05) is 0 Å². The van der Waals surface area contributed by atoms with Gasteiger partial charge in [0.2, 0.25) is 0 Å². The Hall–Kier alpha value is -0.0900. The predicted molar refractivity (Wildman–Crippen MR) is 48.6 cm³/mol. The van der Waals surface area contributed by atoms with Crippen LogP contribution in [0.1, 0.15) is 0 Å². The number of rotatable bonds is 3. The molecule has 0 aliphatic heterocycles. The third-order valence-electron chi connectivity index (χ3n) is 1.03. The molecule has 0 bridgehead atoms. The van der Waals surface area contributed by atoms with Crippen LogP contribution < -0.4 is 0 Å². The maximum atomic E-state index is 11.7. The largest absolute Gasteiger partial charge is 0.250 e. The molecule has 1 aromatic heterocycles. The minimum absolute atomic E-state index is 0.303. The van der Waals surface area contributed by atoms with E-state index < -0.39 is 0 Å². The van der Waals surface area contributed by atoms with Crippen LogP contribution in [0.2, 0.25) is 0 Å². The maximum Gasteiger partial charge on any atom is 0.0988 e. The second kappa shape index (κ2) is 4.72. The van der Waals surface area contributed by atoms with E-state index in [0.717, 1.165) is 9.50 Å². The molecule has 1 heterocycles. The normalized spacial score (nSPS) is 10.0. The van der Waals surface area contributed by atoms with Crippen LogP contribution in [0.25, 0.3) is 0 Å². The van der Waals surface area contributed by atoms with Crippen molar-refractivity contribution in [2.45, 2.75) is 5.03 Å². The first kappa shape index (κ1) is 9.00. The Balaban J connectivity index is 2.52. The summed E-state index contributed by atoms with van der Waals surface area (Å²) in [5.41, 5.74) is 0. The first-order chi connectivity index (χ1) is 5.33. The van der Waals surface area contributed by atoms with E-state index in [2.05, 4.69) is 20.9 Å². The number of hydrogen-bond donors (Lipinski definition) is 0. The van der Waals surface area contributed by atoms with Crippen LogP contribution in [0.4, 0.5) is 4.39 Å². The zero-order valence-electron chi connectivity index (χ0n) is 5.76. The number of thioether (sulfide) groups is 1. The van der Waals surface area contributed by atoms with Gasteiger partial charge in [0.05, 0.1) is 11.7 Å². The van der Waals surface area contributed by atoms with Gasteiger partial charge in [-0.2, -0.15) is 0 Å². The molecule has 0 aliphatic carbocycles. The Kier molecular flexibility index (Phi) is 3.86. The van der Waals surface area contributed by atoms with E-state index in [4.69, 9.17) is 0 Å². The van der Waals surface area contributed by atoms with Gasteiger partial charge in [0.25, 0.3) is 0 Å². The smallest absolute Gasteiger partial charge is 0.0988 e. The molecule has 0 aliphatic rings. The first-order valence-corrected chi connectivity index (χ1v) is 4.91. The molecule has 0 amide bonds. The summed E-state index contributed by atoms with van der Waals surface area (Å²) in [6.07, 6.45) is 1.71. The van der Waals surface area contributed by atoms with Gasteiger partial charge in [0, 0.05) is 16.4 Å². The summed E-state index contributed by atoms with van der Waals surface area (Å²) in [7, 11) is 0. The van der Waals surface area contributed by atoms with E-state index >= 15 is 0 Å². The minimum Gasteiger partial charge on any atom is -0.250 e. The summed E-state index contributed by atoms with van der Waals surface area (Å²) in [5.74, 6) is 0.481. The quantitative estimate of drug-likeness (QED) is 0.748. The third-order valence-corrected chi connectivity index (χ3v) is 2.39. The molecule has 0 spiro atoms. The van der Waals surface area contributed by atoms with Crippen molar-refractivity contribution in [1.82, 2.24) is 4.98 Å². The van der Waals surface area contributed by atoms with Crippen molar-refractivity contribution in [2.24, 2.45) is 0 Å². The number of hydrogen-bond acceptors (Lipinski definition) is 2. The van der Waals surface area contributed by atoms with Crippen molar-refractivity contribution in [3.05, 3.63) is 22.8 Å². The molecule has 0 fully saturated rings. The van der Waals surface area contributed by atoms with Gasteiger partial charge in [-0.05, 0) is 28.1 Å². The van der Waals surface area contributed by atoms with Gasteiger partial charge in [-0.3, -0.25) is 4.39 Å². The average molecular weight is 236 g/mol. The van der Waals surface area contributed by atoms with Crippen LogP contribution in [0.3, 0.4) is 0 Å². The lowest BCUT2D eigenvalue weighted by molar-refractivity contribution is 0.532. The Labute approximate surface area is 77.5 Å². The molecule has 0 N–H and O–H groups in total. The van der Waals surface area contributed by atoms with Crippen LogP contribution in [0.5, 0.6) is 0 Å². The highest BCUT2D eigenvalue weighted by Gasteiger charge is 1.93. The molecular formula is C7H7BrFNS. The van der Waals surface area contributed by atoms with Crippen molar-refractivity contribution in [2.75, 3.05) is 12.4 Å². The van der Waals surface area contributed by atoms with Crippen molar-refractivity contribution in [1.29, 1.82) is 0 Å². The standard InChI is InChI=1S/C7H7BrFNS/c8-6-1-2-7(10-5-6)11-4-3-9/h1-2,5H,3-4H2. The Bertz CT molecular complexity index is 214. The van der Waals surface area contributed by atoms with E-state index in [0.29, 0.717) is 5.75 Å². The first-order valence-electron chi connectivity index (χ1n) is 3.13. The fourth-order valence-corrected chi connectivity index (χ4v) is 1.40. The molecular weight excluding hydrogens is 229 g/mol. The summed E-state index contributed by atoms with van der Waals surface area (Å²) in [6.45, 7) is -0.303. The lowest BCUT2D eigenvalue weighted by Crippen LogP contribution is -1.83. The molecule has 0 atom stereocenters. The second-order valence-corrected chi connectivity index (χ2v) is 3.88. The van der Waals surface area contributed by atoms with Gasteiger partial charge in [-0.25, -0.2) is 4.98 Å². The van der Waals surface area contributed by atoms with Crippen LogP contribution in [-0.4, -0.2) is 17.4 Å². The molecule has 1 nitrogen and oxygen atoms in total. The molecule has 0 saturated heterocycles. The van der Waals surface area contributed by atoms with Gasteiger partial charge >= 0.3 is 0 Å². The zero-order chi connectivity index (χ0) is 8.10. The van der Waals surface area contributed by atoms with Crippen LogP contribution >= 0.6 is 27.7 Å². The number of nitrogens with zero attached hydrogens (tertiary/aromatic N) is 1. The number of pyridine rings is 1.